The second-order valence-corrected chi connectivity index (χ2v) is 10.3. The summed E-state index contributed by atoms with van der Waals surface area (Å²) < 4.78 is 0. The molecule has 1 aromatic carbocycles. The summed E-state index contributed by atoms with van der Waals surface area (Å²) in [6.45, 7) is 10.1. The Bertz CT molecular complexity index is 794. The molecule has 5 rings (SSSR count). The molecule has 0 bridgehead atoms. The van der Waals surface area contributed by atoms with E-state index < -0.39 is 0 Å². The number of likely N-dealkylation sites (tertiary alicyclic amines) is 1. The van der Waals surface area contributed by atoms with Crippen molar-refractivity contribution in [1.29, 1.82) is 0 Å². The smallest absolute Gasteiger partial charge is 0.226 e. The van der Waals surface area contributed by atoms with E-state index >= 15 is 0 Å². The van der Waals surface area contributed by atoms with Gasteiger partial charge in [0.1, 0.15) is 0 Å². The number of halogens is 1. The molecular formula is C25H39ClN4O. The summed E-state index contributed by atoms with van der Waals surface area (Å²) >= 11 is 0. The van der Waals surface area contributed by atoms with E-state index in [1.165, 1.54) is 42.6 Å². The van der Waals surface area contributed by atoms with Crippen LogP contribution in [0.4, 0.5) is 5.69 Å². The molecule has 172 valence electrons. The Morgan fingerprint density at radius 3 is 2.55 bits per heavy atom. The van der Waals surface area contributed by atoms with Crippen LogP contribution < -0.4 is 15.5 Å². The van der Waals surface area contributed by atoms with E-state index in [1.807, 2.05) is 0 Å². The first-order valence-corrected chi connectivity index (χ1v) is 12.2. The van der Waals surface area contributed by atoms with Gasteiger partial charge < -0.3 is 15.5 Å². The third-order valence-electron chi connectivity index (χ3n) is 8.49. The van der Waals surface area contributed by atoms with Gasteiger partial charge in [0.25, 0.3) is 0 Å². The molecule has 1 unspecified atom stereocenters. The Morgan fingerprint density at radius 1 is 1.06 bits per heavy atom. The lowest BCUT2D eigenvalue weighted by molar-refractivity contribution is -0.136. The Morgan fingerprint density at radius 2 is 1.87 bits per heavy atom. The molecule has 2 N–H and O–H groups in total. The highest BCUT2D eigenvalue weighted by Crippen LogP contribution is 2.42. The first-order valence-electron chi connectivity index (χ1n) is 12.2. The number of anilines is 1. The lowest BCUT2D eigenvalue weighted by Gasteiger charge is -2.42. The molecule has 5 nitrogen and oxygen atoms in total. The van der Waals surface area contributed by atoms with Gasteiger partial charge in [0.2, 0.25) is 5.91 Å². The number of piperidine rings is 2. The van der Waals surface area contributed by atoms with Gasteiger partial charge in [-0.3, -0.25) is 9.69 Å². The molecule has 3 atom stereocenters. The third kappa shape index (κ3) is 4.34. The van der Waals surface area contributed by atoms with Gasteiger partial charge in [-0.25, -0.2) is 0 Å². The van der Waals surface area contributed by atoms with Crippen molar-refractivity contribution in [3.05, 3.63) is 29.3 Å². The normalized spacial score (nSPS) is 31.0. The quantitative estimate of drug-likeness (QED) is 0.741. The number of benzene rings is 1. The van der Waals surface area contributed by atoms with Crippen LogP contribution >= 0.6 is 12.4 Å². The van der Waals surface area contributed by atoms with Crippen LogP contribution in [0.15, 0.2) is 18.2 Å². The van der Waals surface area contributed by atoms with Crippen molar-refractivity contribution < 1.29 is 4.79 Å². The monoisotopic (exact) mass is 446 g/mol. The van der Waals surface area contributed by atoms with Crippen LogP contribution in [0.2, 0.25) is 0 Å². The van der Waals surface area contributed by atoms with Crippen LogP contribution in [0.5, 0.6) is 0 Å². The van der Waals surface area contributed by atoms with Crippen molar-refractivity contribution in [2.45, 2.75) is 76.9 Å². The van der Waals surface area contributed by atoms with Gasteiger partial charge in [-0.15, -0.1) is 12.4 Å². The molecule has 4 aliphatic heterocycles. The topological polar surface area (TPSA) is 47.6 Å². The van der Waals surface area contributed by atoms with Crippen LogP contribution in [0.3, 0.4) is 0 Å². The van der Waals surface area contributed by atoms with Crippen LogP contribution in [0.1, 0.15) is 69.0 Å². The fraction of sp³-hybridized carbons (Fsp3) is 0.720. The summed E-state index contributed by atoms with van der Waals surface area (Å²) in [5.41, 5.74) is 3.85. The summed E-state index contributed by atoms with van der Waals surface area (Å²) in [6, 6.07) is 8.55. The first kappa shape index (κ1) is 22.9. The summed E-state index contributed by atoms with van der Waals surface area (Å²) in [4.78, 5) is 18.3. The minimum atomic E-state index is -0.118. The summed E-state index contributed by atoms with van der Waals surface area (Å²) in [7, 11) is 0. The molecule has 1 spiro atoms. The number of amides is 1. The maximum absolute atomic E-state index is 13.0. The summed E-state index contributed by atoms with van der Waals surface area (Å²) in [5.74, 6) is 0.283. The molecule has 1 amide bonds. The number of hydrogen-bond donors (Lipinski definition) is 2. The van der Waals surface area contributed by atoms with Crippen molar-refractivity contribution in [3.8, 4) is 0 Å². The predicted molar refractivity (Wildman–Crippen MR) is 129 cm³/mol. The standard InChI is InChI=1S/C25H38N4O.ClH/c1-18-16-20(28-15-8-21(17-28)29-14-3-4-19(29)2)5-6-22(18)23-7-9-25(24(30)27-23)10-12-26-13-11-25;/h5-6,16,19,21,23,26H,3-4,7-15,17H2,1-2H3,(H,27,30);1H/t19-,21-,23?;/m0./s1. The number of carbonyl (C=O) groups excluding carboxylic acids is 1. The largest absolute Gasteiger partial charge is 0.370 e. The highest BCUT2D eigenvalue weighted by Gasteiger charge is 2.43. The second-order valence-electron chi connectivity index (χ2n) is 10.3. The molecule has 4 saturated heterocycles. The van der Waals surface area contributed by atoms with Gasteiger partial charge in [-0.05, 0) is 102 Å². The Balaban J connectivity index is 0.00000231. The third-order valence-corrected chi connectivity index (χ3v) is 8.49. The Kier molecular flexibility index (Phi) is 6.85. The van der Waals surface area contributed by atoms with Crippen molar-refractivity contribution >= 4 is 24.0 Å². The van der Waals surface area contributed by atoms with Gasteiger partial charge in [0, 0.05) is 30.9 Å². The van der Waals surface area contributed by atoms with Crippen molar-refractivity contribution in [3.63, 3.8) is 0 Å². The molecule has 0 saturated carbocycles. The summed E-state index contributed by atoms with van der Waals surface area (Å²) in [6.07, 6.45) is 8.04. The van der Waals surface area contributed by atoms with Gasteiger partial charge in [0.15, 0.2) is 0 Å². The molecule has 4 aliphatic rings. The average Bonchev–Trinajstić information content (AvgIpc) is 3.40. The van der Waals surface area contributed by atoms with Gasteiger partial charge >= 0.3 is 0 Å². The number of nitrogens with zero attached hydrogens (tertiary/aromatic N) is 2. The fourth-order valence-electron chi connectivity index (χ4n) is 6.53. The summed E-state index contributed by atoms with van der Waals surface area (Å²) in [5, 5.41) is 6.78. The van der Waals surface area contributed by atoms with E-state index in [9.17, 15) is 4.79 Å². The maximum atomic E-state index is 13.0. The first-order chi connectivity index (χ1) is 14.6. The van der Waals surface area contributed by atoms with E-state index in [-0.39, 0.29) is 29.8 Å². The van der Waals surface area contributed by atoms with Gasteiger partial charge in [-0.1, -0.05) is 6.07 Å². The van der Waals surface area contributed by atoms with Gasteiger partial charge in [-0.2, -0.15) is 0 Å². The SMILES string of the molecule is Cc1cc(N2CC[C@H](N3CCC[C@@H]3C)C2)ccc1C1CCC2(CCNCC2)C(=O)N1.Cl. The minimum absolute atomic E-state index is 0. The molecule has 6 heteroatoms. The lowest BCUT2D eigenvalue weighted by Crippen LogP contribution is -2.52. The molecule has 0 aromatic heterocycles. The van der Waals surface area contributed by atoms with Crippen molar-refractivity contribution in [2.24, 2.45) is 5.41 Å². The van der Waals surface area contributed by atoms with E-state index in [0.29, 0.717) is 6.04 Å². The van der Waals surface area contributed by atoms with Crippen molar-refractivity contribution in [2.75, 3.05) is 37.6 Å². The number of rotatable bonds is 3. The Hall–Kier alpha value is -1.30. The van der Waals surface area contributed by atoms with Crippen LogP contribution in [0, 0.1) is 12.3 Å². The van der Waals surface area contributed by atoms with E-state index in [0.717, 1.165) is 57.9 Å². The molecule has 1 aromatic rings. The lowest BCUT2D eigenvalue weighted by atomic mass is 9.70. The molecule has 31 heavy (non-hydrogen) atoms. The number of carbonyl (C=O) groups is 1. The molecule has 0 aliphatic carbocycles. The highest BCUT2D eigenvalue weighted by atomic mass is 35.5. The second kappa shape index (κ2) is 9.29. The number of hydrogen-bond acceptors (Lipinski definition) is 4. The Labute approximate surface area is 193 Å². The van der Waals surface area contributed by atoms with Crippen LogP contribution in [-0.2, 0) is 4.79 Å². The highest BCUT2D eigenvalue weighted by molar-refractivity contribution is 5.85. The number of aryl methyl sites for hydroxylation is 1. The van der Waals surface area contributed by atoms with E-state index in [2.05, 4.69) is 52.5 Å². The molecular weight excluding hydrogens is 408 g/mol. The van der Waals surface area contributed by atoms with Gasteiger partial charge in [0.05, 0.1) is 11.5 Å². The van der Waals surface area contributed by atoms with E-state index in [4.69, 9.17) is 0 Å². The zero-order valence-electron chi connectivity index (χ0n) is 19.2. The predicted octanol–water partition coefficient (Wildman–Crippen LogP) is 3.80. The molecule has 4 heterocycles. The molecule has 0 radical (unpaired) electrons. The fourth-order valence-corrected chi connectivity index (χ4v) is 6.53. The van der Waals surface area contributed by atoms with Crippen LogP contribution in [0.25, 0.3) is 0 Å². The molecule has 4 fully saturated rings. The zero-order valence-corrected chi connectivity index (χ0v) is 20.0. The van der Waals surface area contributed by atoms with E-state index in [1.54, 1.807) is 0 Å². The van der Waals surface area contributed by atoms with Crippen molar-refractivity contribution in [1.82, 2.24) is 15.5 Å². The zero-order chi connectivity index (χ0) is 20.7. The minimum Gasteiger partial charge on any atom is -0.370 e. The maximum Gasteiger partial charge on any atom is 0.226 e. The van der Waals surface area contributed by atoms with Crippen LogP contribution in [-0.4, -0.2) is 55.6 Å². The average molecular weight is 447 g/mol. The number of nitrogens with one attached hydrogen (secondary N) is 2.